The molecular formula is C12H14N2OS. The molecule has 4 heteroatoms. The quantitative estimate of drug-likeness (QED) is 0.787. The Balaban J connectivity index is 2.18. The van der Waals surface area contributed by atoms with Gasteiger partial charge in [-0.25, -0.2) is 0 Å². The second-order valence-corrected chi connectivity index (χ2v) is 5.27. The van der Waals surface area contributed by atoms with Gasteiger partial charge in [0.1, 0.15) is 6.04 Å². The summed E-state index contributed by atoms with van der Waals surface area (Å²) in [7, 11) is 1.68. The fraction of sp³-hybridized carbons (Fsp3) is 0.500. The largest absolute Gasteiger partial charge is 0.325 e. The van der Waals surface area contributed by atoms with Gasteiger partial charge in [0.05, 0.1) is 10.9 Å². The summed E-state index contributed by atoms with van der Waals surface area (Å²) in [5.74, 6) is -0.0338. The number of carbonyl (C=O) groups excluding carboxylic acids is 1. The topological polar surface area (TPSA) is 44.1 Å². The Morgan fingerprint density at radius 3 is 3.00 bits per heavy atom. The number of thiophene rings is 1. The van der Waals surface area contributed by atoms with Crippen molar-refractivity contribution in [3.8, 4) is 6.07 Å². The van der Waals surface area contributed by atoms with Crippen molar-refractivity contribution in [1.29, 1.82) is 5.26 Å². The molecule has 0 N–H and O–H groups in total. The van der Waals surface area contributed by atoms with E-state index in [9.17, 15) is 4.79 Å². The molecule has 1 atom stereocenters. The van der Waals surface area contributed by atoms with E-state index in [2.05, 4.69) is 6.07 Å². The maximum absolute atomic E-state index is 12.0. The van der Waals surface area contributed by atoms with Crippen LogP contribution in [0.2, 0.25) is 0 Å². The summed E-state index contributed by atoms with van der Waals surface area (Å²) in [5, 5.41) is 8.78. The van der Waals surface area contributed by atoms with Crippen molar-refractivity contribution in [2.75, 3.05) is 7.05 Å². The summed E-state index contributed by atoms with van der Waals surface area (Å²) in [6, 6.07) is 3.70. The zero-order valence-corrected chi connectivity index (χ0v) is 10.3. The molecule has 1 aromatic rings. The monoisotopic (exact) mass is 234 g/mol. The molecule has 1 aliphatic carbocycles. The second-order valence-electron chi connectivity index (χ2n) is 4.13. The summed E-state index contributed by atoms with van der Waals surface area (Å²) in [6.07, 6.45) is 3.40. The number of nitrogens with zero attached hydrogens (tertiary/aromatic N) is 2. The lowest BCUT2D eigenvalue weighted by Crippen LogP contribution is -2.33. The van der Waals surface area contributed by atoms with Crippen molar-refractivity contribution in [2.24, 2.45) is 0 Å². The van der Waals surface area contributed by atoms with Crippen LogP contribution >= 0.6 is 11.3 Å². The Morgan fingerprint density at radius 2 is 2.38 bits per heavy atom. The smallest absolute Gasteiger partial charge is 0.264 e. The van der Waals surface area contributed by atoms with Crippen LogP contribution in [0.3, 0.4) is 0 Å². The first-order chi connectivity index (χ1) is 7.63. The molecule has 2 rings (SSSR count). The van der Waals surface area contributed by atoms with Gasteiger partial charge in [-0.3, -0.25) is 4.79 Å². The van der Waals surface area contributed by atoms with Gasteiger partial charge in [0, 0.05) is 11.9 Å². The van der Waals surface area contributed by atoms with Crippen LogP contribution in [0.15, 0.2) is 6.07 Å². The molecule has 1 aliphatic rings. The van der Waals surface area contributed by atoms with Crippen LogP contribution in [0.25, 0.3) is 0 Å². The van der Waals surface area contributed by atoms with E-state index in [4.69, 9.17) is 5.26 Å². The van der Waals surface area contributed by atoms with E-state index >= 15 is 0 Å². The average Bonchev–Trinajstić information content (AvgIpc) is 2.85. The Morgan fingerprint density at radius 1 is 1.62 bits per heavy atom. The summed E-state index contributed by atoms with van der Waals surface area (Å²) < 4.78 is 0. The molecule has 16 heavy (non-hydrogen) atoms. The molecule has 0 bridgehead atoms. The SMILES string of the molecule is CC(C#N)N(C)C(=O)c1cc2c(s1)CCC2. The van der Waals surface area contributed by atoms with Crippen LogP contribution in [0.1, 0.15) is 33.5 Å². The number of nitriles is 1. The van der Waals surface area contributed by atoms with Crippen LogP contribution in [0.4, 0.5) is 0 Å². The molecule has 0 spiro atoms. The highest BCUT2D eigenvalue weighted by atomic mass is 32.1. The lowest BCUT2D eigenvalue weighted by molar-refractivity contribution is 0.0778. The van der Waals surface area contributed by atoms with Crippen LogP contribution in [-0.2, 0) is 12.8 Å². The summed E-state index contributed by atoms with van der Waals surface area (Å²) in [6.45, 7) is 1.74. The van der Waals surface area contributed by atoms with E-state index in [0.29, 0.717) is 0 Å². The molecule has 84 valence electrons. The molecule has 0 saturated carbocycles. The number of carbonyl (C=O) groups is 1. The van der Waals surface area contributed by atoms with E-state index in [0.717, 1.165) is 17.7 Å². The van der Waals surface area contributed by atoms with Crippen molar-refractivity contribution in [2.45, 2.75) is 32.2 Å². The van der Waals surface area contributed by atoms with Crippen molar-refractivity contribution in [1.82, 2.24) is 4.90 Å². The summed E-state index contributed by atoms with van der Waals surface area (Å²) in [4.78, 5) is 15.7. The first-order valence-corrected chi connectivity index (χ1v) is 6.23. The van der Waals surface area contributed by atoms with Crippen molar-refractivity contribution < 1.29 is 4.79 Å². The number of aryl methyl sites for hydroxylation is 2. The van der Waals surface area contributed by atoms with Crippen LogP contribution in [0.5, 0.6) is 0 Å². The number of fused-ring (bicyclic) bond motifs is 1. The highest BCUT2D eigenvalue weighted by Gasteiger charge is 2.22. The van der Waals surface area contributed by atoms with Crippen molar-refractivity contribution in [3.05, 3.63) is 21.4 Å². The highest BCUT2D eigenvalue weighted by molar-refractivity contribution is 7.14. The number of amides is 1. The van der Waals surface area contributed by atoms with Crippen LogP contribution in [0, 0.1) is 11.3 Å². The van der Waals surface area contributed by atoms with Crippen LogP contribution in [-0.4, -0.2) is 23.9 Å². The maximum Gasteiger partial charge on any atom is 0.264 e. The van der Waals surface area contributed by atoms with Crippen LogP contribution < -0.4 is 0 Å². The molecule has 1 amide bonds. The Labute approximate surface area is 99.3 Å². The fourth-order valence-corrected chi connectivity index (χ4v) is 3.11. The van der Waals surface area contributed by atoms with Gasteiger partial charge in [0.15, 0.2) is 0 Å². The molecule has 1 aromatic heterocycles. The predicted molar refractivity (Wildman–Crippen MR) is 63.5 cm³/mol. The summed E-state index contributed by atoms with van der Waals surface area (Å²) >= 11 is 1.59. The molecular weight excluding hydrogens is 220 g/mol. The lowest BCUT2D eigenvalue weighted by atomic mass is 10.2. The average molecular weight is 234 g/mol. The standard InChI is InChI=1S/C12H14N2OS/c1-8(7-13)14(2)12(15)11-6-9-4-3-5-10(9)16-11/h6,8H,3-5H2,1-2H3. The third-order valence-electron chi connectivity index (χ3n) is 3.05. The first kappa shape index (κ1) is 11.2. The van der Waals surface area contributed by atoms with Gasteiger partial charge >= 0.3 is 0 Å². The lowest BCUT2D eigenvalue weighted by Gasteiger charge is -2.18. The van der Waals surface area contributed by atoms with E-state index in [-0.39, 0.29) is 11.9 Å². The Kier molecular flexibility index (Phi) is 2.97. The molecule has 0 fully saturated rings. The third-order valence-corrected chi connectivity index (χ3v) is 4.27. The molecule has 0 aromatic carbocycles. The minimum Gasteiger partial charge on any atom is -0.325 e. The zero-order chi connectivity index (χ0) is 11.7. The van der Waals surface area contributed by atoms with Gasteiger partial charge < -0.3 is 4.90 Å². The third kappa shape index (κ3) is 1.83. The van der Waals surface area contributed by atoms with Gasteiger partial charge in [-0.2, -0.15) is 5.26 Å². The van der Waals surface area contributed by atoms with Gasteiger partial charge in [0.2, 0.25) is 0 Å². The Bertz CT molecular complexity index is 437. The zero-order valence-electron chi connectivity index (χ0n) is 9.49. The first-order valence-electron chi connectivity index (χ1n) is 5.42. The molecule has 1 unspecified atom stereocenters. The van der Waals surface area contributed by atoms with Crippen molar-refractivity contribution in [3.63, 3.8) is 0 Å². The number of hydrogen-bond acceptors (Lipinski definition) is 3. The second kappa shape index (κ2) is 4.26. The summed E-state index contributed by atoms with van der Waals surface area (Å²) in [5.41, 5.74) is 1.33. The number of hydrogen-bond donors (Lipinski definition) is 0. The van der Waals surface area contributed by atoms with E-state index < -0.39 is 0 Å². The van der Waals surface area contributed by atoms with Gasteiger partial charge in [-0.1, -0.05) is 0 Å². The van der Waals surface area contributed by atoms with E-state index in [1.54, 1.807) is 25.3 Å². The normalized spacial score (nSPS) is 15.3. The minimum atomic E-state index is -0.371. The minimum absolute atomic E-state index is 0.0338. The molecule has 1 heterocycles. The molecule has 3 nitrogen and oxygen atoms in total. The highest BCUT2D eigenvalue weighted by Crippen LogP contribution is 2.31. The molecule has 0 saturated heterocycles. The van der Waals surface area contributed by atoms with Gasteiger partial charge in [0.25, 0.3) is 5.91 Å². The van der Waals surface area contributed by atoms with E-state index in [1.165, 1.54) is 21.8 Å². The van der Waals surface area contributed by atoms with E-state index in [1.807, 2.05) is 6.07 Å². The number of rotatable bonds is 2. The molecule has 0 radical (unpaired) electrons. The fourth-order valence-electron chi connectivity index (χ4n) is 1.87. The van der Waals surface area contributed by atoms with Crippen molar-refractivity contribution >= 4 is 17.2 Å². The van der Waals surface area contributed by atoms with Gasteiger partial charge in [-0.15, -0.1) is 11.3 Å². The molecule has 0 aliphatic heterocycles. The predicted octanol–water partition coefficient (Wildman–Crippen LogP) is 2.22. The Hall–Kier alpha value is -1.34. The van der Waals surface area contributed by atoms with Gasteiger partial charge in [-0.05, 0) is 37.8 Å². The maximum atomic E-state index is 12.0.